The standard InChI is InChI=1S/C19H28N4O2/c1-14-3-4-17(13-20-14)16-5-9-23(10-6-16)19(25)21-18-7-11-22(12-8-18)15(2)24/h3-4,13,16,18H,5-12H2,1-2H3,(H,21,25). The van der Waals surface area contributed by atoms with Crippen molar-refractivity contribution in [2.45, 2.75) is 51.5 Å². The first-order valence-electron chi connectivity index (χ1n) is 9.26. The van der Waals surface area contributed by atoms with Crippen LogP contribution in [-0.4, -0.2) is 58.9 Å². The first-order valence-corrected chi connectivity index (χ1v) is 9.26. The molecule has 3 rings (SSSR count). The third-order valence-corrected chi connectivity index (χ3v) is 5.46. The van der Waals surface area contributed by atoms with Gasteiger partial charge in [-0.3, -0.25) is 9.78 Å². The minimum atomic E-state index is 0.0433. The van der Waals surface area contributed by atoms with E-state index in [1.807, 2.05) is 22.9 Å². The van der Waals surface area contributed by atoms with E-state index in [0.29, 0.717) is 5.92 Å². The Bertz CT molecular complexity index is 600. The van der Waals surface area contributed by atoms with Gasteiger partial charge in [-0.2, -0.15) is 0 Å². The van der Waals surface area contributed by atoms with Crippen molar-refractivity contribution >= 4 is 11.9 Å². The first kappa shape index (κ1) is 17.7. The molecule has 1 N–H and O–H groups in total. The molecule has 2 aliphatic rings. The van der Waals surface area contributed by atoms with Crippen molar-refractivity contribution < 1.29 is 9.59 Å². The minimum absolute atomic E-state index is 0.0433. The van der Waals surface area contributed by atoms with E-state index < -0.39 is 0 Å². The lowest BCUT2D eigenvalue weighted by Crippen LogP contribution is -2.51. The number of piperidine rings is 2. The van der Waals surface area contributed by atoms with Crippen molar-refractivity contribution in [3.05, 3.63) is 29.6 Å². The van der Waals surface area contributed by atoms with Gasteiger partial charge in [0.2, 0.25) is 5.91 Å². The molecule has 25 heavy (non-hydrogen) atoms. The smallest absolute Gasteiger partial charge is 0.317 e. The zero-order chi connectivity index (χ0) is 17.8. The summed E-state index contributed by atoms with van der Waals surface area (Å²) in [6, 6.07) is 4.44. The van der Waals surface area contributed by atoms with Crippen LogP contribution in [0.4, 0.5) is 4.79 Å². The van der Waals surface area contributed by atoms with Crippen LogP contribution in [0, 0.1) is 6.92 Å². The molecule has 0 aliphatic carbocycles. The molecule has 2 saturated heterocycles. The van der Waals surface area contributed by atoms with Crippen molar-refractivity contribution in [3.63, 3.8) is 0 Å². The Morgan fingerprint density at radius 3 is 2.24 bits per heavy atom. The SMILES string of the molecule is CC(=O)N1CCC(NC(=O)N2CCC(c3ccc(C)nc3)CC2)CC1. The Morgan fingerprint density at radius 1 is 1.04 bits per heavy atom. The Hall–Kier alpha value is -2.11. The van der Waals surface area contributed by atoms with Gasteiger partial charge in [-0.25, -0.2) is 4.79 Å². The van der Waals surface area contributed by atoms with Crippen LogP contribution in [-0.2, 0) is 4.79 Å². The second kappa shape index (κ2) is 7.85. The molecule has 1 aromatic rings. The van der Waals surface area contributed by atoms with Crippen LogP contribution in [0.15, 0.2) is 18.3 Å². The summed E-state index contributed by atoms with van der Waals surface area (Å²) in [4.78, 5) is 32.0. The van der Waals surface area contributed by atoms with Crippen molar-refractivity contribution in [3.8, 4) is 0 Å². The lowest BCUT2D eigenvalue weighted by molar-refractivity contribution is -0.129. The van der Waals surface area contributed by atoms with Crippen molar-refractivity contribution in [2.24, 2.45) is 0 Å². The Morgan fingerprint density at radius 2 is 1.68 bits per heavy atom. The van der Waals surface area contributed by atoms with Crippen molar-refractivity contribution in [2.75, 3.05) is 26.2 Å². The van der Waals surface area contributed by atoms with Crippen LogP contribution in [0.3, 0.4) is 0 Å². The summed E-state index contributed by atoms with van der Waals surface area (Å²) in [5, 5.41) is 3.15. The van der Waals surface area contributed by atoms with E-state index in [-0.39, 0.29) is 18.0 Å². The van der Waals surface area contributed by atoms with Crippen LogP contribution in [0.2, 0.25) is 0 Å². The minimum Gasteiger partial charge on any atom is -0.343 e. The summed E-state index contributed by atoms with van der Waals surface area (Å²) >= 11 is 0. The molecule has 0 spiro atoms. The average Bonchev–Trinajstić information content (AvgIpc) is 2.63. The van der Waals surface area contributed by atoms with E-state index in [1.165, 1.54) is 5.56 Å². The molecule has 3 amide bonds. The van der Waals surface area contributed by atoms with E-state index in [4.69, 9.17) is 0 Å². The van der Waals surface area contributed by atoms with Gasteiger partial charge in [0.25, 0.3) is 0 Å². The normalized spacial score (nSPS) is 19.8. The maximum atomic E-state index is 12.5. The number of likely N-dealkylation sites (tertiary alicyclic amines) is 2. The highest BCUT2D eigenvalue weighted by atomic mass is 16.2. The number of pyridine rings is 1. The van der Waals surface area contributed by atoms with Gasteiger partial charge in [0.1, 0.15) is 0 Å². The highest BCUT2D eigenvalue weighted by Gasteiger charge is 2.27. The van der Waals surface area contributed by atoms with Gasteiger partial charge in [0, 0.05) is 51.0 Å². The molecule has 0 aromatic carbocycles. The molecule has 2 fully saturated rings. The zero-order valence-electron chi connectivity index (χ0n) is 15.2. The molecule has 6 heteroatoms. The van der Waals surface area contributed by atoms with Gasteiger partial charge in [0.05, 0.1) is 0 Å². The summed E-state index contributed by atoms with van der Waals surface area (Å²) in [6.07, 6.45) is 5.63. The number of carbonyl (C=O) groups is 2. The molecule has 0 unspecified atom stereocenters. The molecule has 3 heterocycles. The predicted octanol–water partition coefficient (Wildman–Crippen LogP) is 2.29. The van der Waals surface area contributed by atoms with E-state index in [0.717, 1.165) is 57.6 Å². The van der Waals surface area contributed by atoms with Gasteiger partial charge in [-0.15, -0.1) is 0 Å². The lowest BCUT2D eigenvalue weighted by atomic mass is 9.90. The van der Waals surface area contributed by atoms with Crippen molar-refractivity contribution in [1.29, 1.82) is 0 Å². The number of urea groups is 1. The fraction of sp³-hybridized carbons (Fsp3) is 0.632. The summed E-state index contributed by atoms with van der Waals surface area (Å²) in [5.74, 6) is 0.619. The van der Waals surface area contributed by atoms with Crippen LogP contribution in [0.1, 0.15) is 49.8 Å². The van der Waals surface area contributed by atoms with Gasteiger partial charge < -0.3 is 15.1 Å². The number of hydrogen-bond acceptors (Lipinski definition) is 3. The molecular weight excluding hydrogens is 316 g/mol. The van der Waals surface area contributed by atoms with E-state index >= 15 is 0 Å². The number of rotatable bonds is 2. The second-order valence-corrected chi connectivity index (χ2v) is 7.22. The number of nitrogens with zero attached hydrogens (tertiary/aromatic N) is 3. The largest absolute Gasteiger partial charge is 0.343 e. The summed E-state index contributed by atoms with van der Waals surface area (Å²) in [7, 11) is 0. The summed E-state index contributed by atoms with van der Waals surface area (Å²) in [5.41, 5.74) is 2.32. The molecule has 1 aromatic heterocycles. The number of amides is 3. The van der Waals surface area contributed by atoms with Crippen molar-refractivity contribution in [1.82, 2.24) is 20.1 Å². The Labute approximate surface area is 149 Å². The fourth-order valence-electron chi connectivity index (χ4n) is 3.74. The van der Waals surface area contributed by atoms with Crippen LogP contribution >= 0.6 is 0 Å². The average molecular weight is 344 g/mol. The summed E-state index contributed by atoms with van der Waals surface area (Å²) < 4.78 is 0. The molecule has 0 bridgehead atoms. The first-order chi connectivity index (χ1) is 12.0. The number of carbonyl (C=O) groups excluding carboxylic acids is 2. The quantitative estimate of drug-likeness (QED) is 0.895. The zero-order valence-corrected chi connectivity index (χ0v) is 15.2. The Balaban J connectivity index is 1.44. The third-order valence-electron chi connectivity index (χ3n) is 5.46. The maximum Gasteiger partial charge on any atom is 0.317 e. The Kier molecular flexibility index (Phi) is 5.56. The fourth-order valence-corrected chi connectivity index (χ4v) is 3.74. The number of aromatic nitrogens is 1. The second-order valence-electron chi connectivity index (χ2n) is 7.22. The van der Waals surface area contributed by atoms with Crippen LogP contribution in [0.5, 0.6) is 0 Å². The highest BCUT2D eigenvalue weighted by molar-refractivity contribution is 5.75. The van der Waals surface area contributed by atoms with Gasteiger partial charge >= 0.3 is 6.03 Å². The van der Waals surface area contributed by atoms with Gasteiger partial charge in [-0.1, -0.05) is 6.07 Å². The lowest BCUT2D eigenvalue weighted by Gasteiger charge is -2.35. The molecule has 2 aliphatic heterocycles. The van der Waals surface area contributed by atoms with Gasteiger partial charge in [0.15, 0.2) is 0 Å². The molecule has 6 nitrogen and oxygen atoms in total. The number of aryl methyl sites for hydroxylation is 1. The van der Waals surface area contributed by atoms with E-state index in [1.54, 1.807) is 6.92 Å². The molecule has 0 radical (unpaired) electrons. The molecular formula is C19H28N4O2. The molecule has 0 saturated carbocycles. The summed E-state index contributed by atoms with van der Waals surface area (Å²) in [6.45, 7) is 6.66. The van der Waals surface area contributed by atoms with E-state index in [9.17, 15) is 9.59 Å². The van der Waals surface area contributed by atoms with Crippen LogP contribution in [0.25, 0.3) is 0 Å². The predicted molar refractivity (Wildman–Crippen MR) is 96.3 cm³/mol. The molecule has 0 atom stereocenters. The number of nitrogens with one attached hydrogen (secondary N) is 1. The molecule has 136 valence electrons. The third kappa shape index (κ3) is 4.50. The topological polar surface area (TPSA) is 65.5 Å². The monoisotopic (exact) mass is 344 g/mol. The highest BCUT2D eigenvalue weighted by Crippen LogP contribution is 2.27. The maximum absolute atomic E-state index is 12.5. The number of hydrogen-bond donors (Lipinski definition) is 1. The van der Waals surface area contributed by atoms with E-state index in [2.05, 4.69) is 22.4 Å². The van der Waals surface area contributed by atoms with Gasteiger partial charge in [-0.05, 0) is 50.2 Å². The van der Waals surface area contributed by atoms with Crippen LogP contribution < -0.4 is 5.32 Å².